The van der Waals surface area contributed by atoms with Crippen LogP contribution in [-0.2, 0) is 6.42 Å². The maximum atomic E-state index is 10.4. The number of aromatic hydroxyl groups is 2. The molecule has 0 saturated heterocycles. The van der Waals surface area contributed by atoms with E-state index in [1.807, 2.05) is 18.2 Å². The molecule has 2 aromatic carbocycles. The number of ether oxygens (including phenoxy) is 1. The Morgan fingerprint density at radius 3 is 2.61 bits per heavy atom. The van der Waals surface area contributed by atoms with Crippen LogP contribution in [0.15, 0.2) is 43.0 Å². The fourth-order valence-corrected chi connectivity index (χ4v) is 3.74. The predicted molar refractivity (Wildman–Crippen MR) is 91.5 cm³/mol. The average molecular weight is 310 g/mol. The van der Waals surface area contributed by atoms with Crippen molar-refractivity contribution in [1.82, 2.24) is 0 Å². The number of benzene rings is 2. The van der Waals surface area contributed by atoms with Crippen molar-refractivity contribution in [3.63, 3.8) is 0 Å². The molecule has 0 bridgehead atoms. The number of fused-ring (bicyclic) bond motifs is 1. The van der Waals surface area contributed by atoms with Gasteiger partial charge in [-0.25, -0.2) is 0 Å². The Kier molecular flexibility index (Phi) is 4.03. The fourth-order valence-electron chi connectivity index (χ4n) is 3.74. The van der Waals surface area contributed by atoms with Gasteiger partial charge in [-0.3, -0.25) is 0 Å². The van der Waals surface area contributed by atoms with Crippen LogP contribution in [0.25, 0.3) is 0 Å². The number of methoxy groups -OCH3 is 1. The lowest BCUT2D eigenvalue weighted by molar-refractivity contribution is 0.373. The Labute approximate surface area is 136 Å². The molecule has 0 aliphatic heterocycles. The Balaban J connectivity index is 1.96. The molecule has 0 aromatic heterocycles. The van der Waals surface area contributed by atoms with E-state index in [1.165, 1.54) is 18.2 Å². The van der Waals surface area contributed by atoms with Gasteiger partial charge < -0.3 is 14.9 Å². The van der Waals surface area contributed by atoms with Gasteiger partial charge >= 0.3 is 0 Å². The minimum absolute atomic E-state index is 0.150. The highest BCUT2D eigenvalue weighted by molar-refractivity contribution is 5.53. The van der Waals surface area contributed by atoms with Crippen molar-refractivity contribution in [3.8, 4) is 17.2 Å². The lowest BCUT2D eigenvalue weighted by atomic mass is 9.92. The molecule has 1 aliphatic carbocycles. The Bertz CT molecular complexity index is 749. The molecule has 0 saturated carbocycles. The van der Waals surface area contributed by atoms with E-state index >= 15 is 0 Å². The monoisotopic (exact) mass is 310 g/mol. The van der Waals surface area contributed by atoms with E-state index in [4.69, 9.17) is 4.74 Å². The Morgan fingerprint density at radius 1 is 1.17 bits per heavy atom. The lowest BCUT2D eigenvalue weighted by Gasteiger charge is -2.15. The van der Waals surface area contributed by atoms with Gasteiger partial charge in [0, 0.05) is 11.5 Å². The summed E-state index contributed by atoms with van der Waals surface area (Å²) >= 11 is 0. The van der Waals surface area contributed by atoms with Gasteiger partial charge in [0.25, 0.3) is 0 Å². The number of phenols is 2. The van der Waals surface area contributed by atoms with E-state index in [0.717, 1.165) is 24.0 Å². The first-order valence-electron chi connectivity index (χ1n) is 7.86. The highest BCUT2D eigenvalue weighted by atomic mass is 16.5. The van der Waals surface area contributed by atoms with Crippen molar-refractivity contribution in [2.24, 2.45) is 0 Å². The summed E-state index contributed by atoms with van der Waals surface area (Å²) < 4.78 is 5.09. The van der Waals surface area contributed by atoms with E-state index in [1.54, 1.807) is 18.2 Å². The van der Waals surface area contributed by atoms with Gasteiger partial charge in [-0.05, 0) is 60.6 Å². The number of phenolic OH excluding ortho intramolecular Hbond substituents is 2. The lowest BCUT2D eigenvalue weighted by Crippen LogP contribution is -2.00. The minimum Gasteiger partial charge on any atom is -0.508 e. The molecule has 0 amide bonds. The van der Waals surface area contributed by atoms with Gasteiger partial charge in [-0.15, -0.1) is 6.58 Å². The van der Waals surface area contributed by atoms with Gasteiger partial charge in [-0.2, -0.15) is 0 Å². The molecule has 120 valence electrons. The van der Waals surface area contributed by atoms with Gasteiger partial charge in [-0.1, -0.05) is 18.2 Å². The van der Waals surface area contributed by atoms with Crippen LogP contribution in [0.3, 0.4) is 0 Å². The van der Waals surface area contributed by atoms with E-state index in [0.29, 0.717) is 11.5 Å². The topological polar surface area (TPSA) is 49.7 Å². The number of hydrogen-bond acceptors (Lipinski definition) is 3. The van der Waals surface area contributed by atoms with Crippen molar-refractivity contribution >= 4 is 0 Å². The maximum Gasteiger partial charge on any atom is 0.160 e. The smallest absolute Gasteiger partial charge is 0.160 e. The normalized spacial score (nSPS) is 19.4. The number of hydrogen-bond donors (Lipinski definition) is 2. The van der Waals surface area contributed by atoms with Crippen molar-refractivity contribution < 1.29 is 14.9 Å². The summed E-state index contributed by atoms with van der Waals surface area (Å²) in [6.45, 7) is 6.03. The zero-order valence-corrected chi connectivity index (χ0v) is 13.5. The van der Waals surface area contributed by atoms with E-state index < -0.39 is 0 Å². The summed E-state index contributed by atoms with van der Waals surface area (Å²) in [5.41, 5.74) is 4.47. The molecule has 0 radical (unpaired) electrons. The van der Waals surface area contributed by atoms with Crippen LogP contribution in [0.1, 0.15) is 40.5 Å². The maximum absolute atomic E-state index is 10.4. The van der Waals surface area contributed by atoms with Crippen LogP contribution >= 0.6 is 0 Å². The van der Waals surface area contributed by atoms with Crippen LogP contribution in [0, 0.1) is 6.92 Å². The summed E-state index contributed by atoms with van der Waals surface area (Å²) in [5, 5.41) is 20.3. The van der Waals surface area contributed by atoms with Gasteiger partial charge in [0.15, 0.2) is 11.5 Å². The number of rotatable bonds is 4. The zero-order chi connectivity index (χ0) is 16.6. The zero-order valence-electron chi connectivity index (χ0n) is 13.5. The molecule has 23 heavy (non-hydrogen) atoms. The Morgan fingerprint density at radius 2 is 1.96 bits per heavy atom. The standard InChI is InChI=1S/C20H22O3/c1-4-14-11-15(20-16(21)7-5-12(2)19(14)20)9-13-6-8-18(23-3)17(22)10-13/h4-8,10,14-15,21-22H,1,9,11H2,2-3H3/t14-,15-/m0/s1. The summed E-state index contributed by atoms with van der Waals surface area (Å²) in [6, 6.07) is 9.23. The van der Waals surface area contributed by atoms with Gasteiger partial charge in [0.2, 0.25) is 0 Å². The number of aryl methyl sites for hydroxylation is 1. The first-order valence-corrected chi connectivity index (χ1v) is 7.86. The van der Waals surface area contributed by atoms with Crippen molar-refractivity contribution in [2.75, 3.05) is 7.11 Å². The minimum atomic E-state index is 0.150. The summed E-state index contributed by atoms with van der Waals surface area (Å²) in [5.74, 6) is 1.48. The van der Waals surface area contributed by atoms with Crippen LogP contribution in [0.2, 0.25) is 0 Å². The summed E-state index contributed by atoms with van der Waals surface area (Å²) in [6.07, 6.45) is 3.67. The molecule has 1 aliphatic rings. The molecule has 0 heterocycles. The van der Waals surface area contributed by atoms with Gasteiger partial charge in [0.05, 0.1) is 7.11 Å². The molecule has 2 atom stereocenters. The largest absolute Gasteiger partial charge is 0.508 e. The highest BCUT2D eigenvalue weighted by Crippen LogP contribution is 2.49. The highest BCUT2D eigenvalue weighted by Gasteiger charge is 2.33. The summed E-state index contributed by atoms with van der Waals surface area (Å²) in [7, 11) is 1.54. The predicted octanol–water partition coefficient (Wildman–Crippen LogP) is 4.41. The van der Waals surface area contributed by atoms with E-state index in [-0.39, 0.29) is 17.6 Å². The molecular weight excluding hydrogens is 288 g/mol. The van der Waals surface area contributed by atoms with Crippen molar-refractivity contribution in [2.45, 2.75) is 31.6 Å². The molecule has 2 N–H and O–H groups in total. The molecular formula is C20H22O3. The van der Waals surface area contributed by atoms with Crippen molar-refractivity contribution in [1.29, 1.82) is 0 Å². The fraction of sp³-hybridized carbons (Fsp3) is 0.300. The molecule has 0 unspecified atom stereocenters. The first kappa shape index (κ1) is 15.5. The SMILES string of the molecule is C=C[C@H]1C[C@H](Cc2ccc(OC)c(O)c2)c2c(O)ccc(C)c21. The summed E-state index contributed by atoms with van der Waals surface area (Å²) in [4.78, 5) is 0. The third kappa shape index (κ3) is 2.67. The van der Waals surface area contributed by atoms with E-state index in [9.17, 15) is 10.2 Å². The third-order valence-corrected chi connectivity index (χ3v) is 4.81. The van der Waals surface area contributed by atoms with Gasteiger partial charge in [0.1, 0.15) is 5.75 Å². The van der Waals surface area contributed by atoms with E-state index in [2.05, 4.69) is 13.5 Å². The molecule has 3 heteroatoms. The third-order valence-electron chi connectivity index (χ3n) is 4.81. The first-order chi connectivity index (χ1) is 11.0. The quantitative estimate of drug-likeness (QED) is 0.822. The molecule has 2 aromatic rings. The second-order valence-corrected chi connectivity index (χ2v) is 6.21. The molecule has 3 rings (SSSR count). The second kappa shape index (κ2) is 5.99. The average Bonchev–Trinajstić information content (AvgIpc) is 2.91. The molecule has 3 nitrogen and oxygen atoms in total. The van der Waals surface area contributed by atoms with Crippen LogP contribution < -0.4 is 4.74 Å². The Hall–Kier alpha value is -2.42. The van der Waals surface area contributed by atoms with Crippen molar-refractivity contribution in [3.05, 3.63) is 65.2 Å². The number of allylic oxidation sites excluding steroid dienone is 1. The molecule has 0 spiro atoms. The van der Waals surface area contributed by atoms with Crippen LogP contribution in [0.5, 0.6) is 17.2 Å². The second-order valence-electron chi connectivity index (χ2n) is 6.21. The van der Waals surface area contributed by atoms with Crippen LogP contribution in [-0.4, -0.2) is 17.3 Å². The van der Waals surface area contributed by atoms with Crippen LogP contribution in [0.4, 0.5) is 0 Å². The molecule has 0 fully saturated rings.